The number of hydrogen-bond donors (Lipinski definition) is 0. The Morgan fingerprint density at radius 3 is 2.27 bits per heavy atom. The summed E-state index contributed by atoms with van der Waals surface area (Å²) >= 11 is 0. The monoisotopic (exact) mass is 435 g/mol. The van der Waals surface area contributed by atoms with Crippen LogP contribution in [0, 0.1) is 20.8 Å². The van der Waals surface area contributed by atoms with E-state index in [1.54, 1.807) is 0 Å². The summed E-state index contributed by atoms with van der Waals surface area (Å²) < 4.78 is 14.1. The van der Waals surface area contributed by atoms with Crippen LogP contribution in [0.25, 0.3) is 33.4 Å². The van der Waals surface area contributed by atoms with E-state index in [4.69, 9.17) is 9.47 Å². The molecule has 0 aliphatic carbocycles. The van der Waals surface area contributed by atoms with E-state index in [0.717, 1.165) is 51.5 Å². The molecule has 0 amide bonds. The van der Waals surface area contributed by atoms with Crippen molar-refractivity contribution < 1.29 is 9.47 Å². The first-order chi connectivity index (χ1) is 16.1. The van der Waals surface area contributed by atoms with Crippen molar-refractivity contribution in [3.05, 3.63) is 83.0 Å². The minimum atomic E-state index is 0.554. The Bertz CT molecular complexity index is 1470. The lowest BCUT2D eigenvalue weighted by molar-refractivity contribution is 0.172. The third-order valence-corrected chi connectivity index (χ3v) is 6.52. The van der Waals surface area contributed by atoms with E-state index in [-0.39, 0.29) is 0 Å². The van der Waals surface area contributed by atoms with Crippen LogP contribution in [0.3, 0.4) is 0 Å². The van der Waals surface area contributed by atoms with Crippen LogP contribution in [0.15, 0.2) is 60.8 Å². The molecular formula is C28H25N3O2. The second-order valence-corrected chi connectivity index (χ2v) is 8.87. The van der Waals surface area contributed by atoms with Crippen molar-refractivity contribution in [2.24, 2.45) is 0 Å². The molecule has 5 heteroatoms. The topological polar surface area (TPSA) is 49.2 Å². The molecule has 0 spiro atoms. The normalized spacial score (nSPS) is 13.1. The zero-order valence-electron chi connectivity index (χ0n) is 19.1. The van der Waals surface area contributed by atoms with Crippen molar-refractivity contribution >= 4 is 10.9 Å². The van der Waals surface area contributed by atoms with Gasteiger partial charge in [-0.15, -0.1) is 10.2 Å². The molecule has 3 heterocycles. The molecule has 0 bridgehead atoms. The molecular weight excluding hydrogens is 410 g/mol. The Kier molecular flexibility index (Phi) is 4.57. The summed E-state index contributed by atoms with van der Waals surface area (Å²) in [6.07, 6.45) is 2.18. The molecule has 3 aromatic carbocycles. The van der Waals surface area contributed by atoms with Crippen LogP contribution in [0.4, 0.5) is 0 Å². The van der Waals surface area contributed by atoms with Gasteiger partial charge in [-0.05, 0) is 49.6 Å². The number of hydrogen-bond acceptors (Lipinski definition) is 4. The fraction of sp³-hybridized carbons (Fsp3) is 0.214. The molecule has 0 fully saturated rings. The summed E-state index contributed by atoms with van der Waals surface area (Å²) in [5, 5.41) is 10.3. The first kappa shape index (κ1) is 19.8. The van der Waals surface area contributed by atoms with Crippen LogP contribution >= 0.6 is 0 Å². The summed E-state index contributed by atoms with van der Waals surface area (Å²) in [5.41, 5.74) is 9.97. The highest BCUT2D eigenvalue weighted by Gasteiger charge is 2.23. The van der Waals surface area contributed by atoms with E-state index >= 15 is 0 Å². The minimum absolute atomic E-state index is 0.554. The Morgan fingerprint density at radius 1 is 0.788 bits per heavy atom. The largest absolute Gasteiger partial charge is 0.486 e. The van der Waals surface area contributed by atoms with Crippen LogP contribution in [0.1, 0.15) is 22.3 Å². The third-order valence-electron chi connectivity index (χ3n) is 6.52. The Balaban J connectivity index is 1.59. The van der Waals surface area contributed by atoms with Crippen LogP contribution in [-0.2, 0) is 6.54 Å². The van der Waals surface area contributed by atoms with Gasteiger partial charge in [0.25, 0.3) is 0 Å². The molecule has 0 saturated heterocycles. The predicted octanol–water partition coefficient (Wildman–Crippen LogP) is 5.95. The zero-order chi connectivity index (χ0) is 22.5. The number of benzene rings is 3. The first-order valence-corrected chi connectivity index (χ1v) is 11.3. The van der Waals surface area contributed by atoms with Crippen molar-refractivity contribution in [1.29, 1.82) is 0 Å². The van der Waals surface area contributed by atoms with Crippen LogP contribution in [0.2, 0.25) is 0 Å². The van der Waals surface area contributed by atoms with Crippen LogP contribution < -0.4 is 9.47 Å². The van der Waals surface area contributed by atoms with E-state index in [9.17, 15) is 0 Å². The number of nitrogens with zero attached hydrogens (tertiary/aromatic N) is 3. The molecule has 0 aromatic heterocycles. The molecule has 6 rings (SSSR count). The average molecular weight is 436 g/mol. The molecule has 0 unspecified atom stereocenters. The molecule has 5 nitrogen and oxygen atoms in total. The van der Waals surface area contributed by atoms with Gasteiger partial charge < -0.3 is 14.0 Å². The predicted molar refractivity (Wildman–Crippen MR) is 130 cm³/mol. The second kappa shape index (κ2) is 7.62. The molecule has 33 heavy (non-hydrogen) atoms. The van der Waals surface area contributed by atoms with E-state index < -0.39 is 0 Å². The van der Waals surface area contributed by atoms with Crippen molar-refractivity contribution in [3.8, 4) is 34.0 Å². The molecule has 0 radical (unpaired) electrons. The minimum Gasteiger partial charge on any atom is -0.486 e. The number of aromatic nitrogens is 3. The lowest BCUT2D eigenvalue weighted by Gasteiger charge is -2.21. The maximum atomic E-state index is 5.89. The Labute approximate surface area is 193 Å². The molecule has 3 aromatic rings. The molecule has 3 aliphatic heterocycles. The van der Waals surface area contributed by atoms with Crippen molar-refractivity contribution in [3.63, 3.8) is 0 Å². The summed E-state index contributed by atoms with van der Waals surface area (Å²) in [4.78, 5) is 0. The van der Waals surface area contributed by atoms with Crippen LogP contribution in [-0.4, -0.2) is 28.0 Å². The molecule has 0 saturated carbocycles. The zero-order valence-corrected chi connectivity index (χ0v) is 19.1. The van der Waals surface area contributed by atoms with Gasteiger partial charge in [-0.3, -0.25) is 0 Å². The Morgan fingerprint density at radius 2 is 1.52 bits per heavy atom. The highest BCUT2D eigenvalue weighted by molar-refractivity contribution is 5.99. The van der Waals surface area contributed by atoms with Crippen molar-refractivity contribution in [2.45, 2.75) is 27.3 Å². The molecule has 3 aliphatic rings. The number of fused-ring (bicyclic) bond motifs is 4. The van der Waals surface area contributed by atoms with Crippen molar-refractivity contribution in [2.75, 3.05) is 13.2 Å². The lowest BCUT2D eigenvalue weighted by Crippen LogP contribution is -2.15. The van der Waals surface area contributed by atoms with Crippen LogP contribution in [0.5, 0.6) is 11.5 Å². The summed E-state index contributed by atoms with van der Waals surface area (Å²) in [7, 11) is 0. The Hall–Kier alpha value is -3.86. The van der Waals surface area contributed by atoms with E-state index in [2.05, 4.69) is 96.3 Å². The smallest absolute Gasteiger partial charge is 0.163 e. The van der Waals surface area contributed by atoms with E-state index in [1.165, 1.54) is 22.3 Å². The maximum Gasteiger partial charge on any atom is 0.163 e. The quantitative estimate of drug-likeness (QED) is 0.351. The van der Waals surface area contributed by atoms with Gasteiger partial charge in [0.1, 0.15) is 24.6 Å². The third kappa shape index (κ3) is 3.41. The standard InChI is InChI=1S/C28H25N3O2/c1-17-4-7-20(8-5-17)15-31-16-23-27(21-9-6-18(2)19(3)12-21)29-30-28(23)22-13-25-26(14-24(22)31)33-11-10-32-25/h4-9,12-14,16H,10-11,15H2,1-3H3. The highest BCUT2D eigenvalue weighted by Crippen LogP contribution is 2.42. The van der Waals surface area contributed by atoms with Gasteiger partial charge >= 0.3 is 0 Å². The fourth-order valence-electron chi connectivity index (χ4n) is 4.49. The van der Waals surface area contributed by atoms with Gasteiger partial charge in [-0.1, -0.05) is 42.0 Å². The van der Waals surface area contributed by atoms with Gasteiger partial charge in [0, 0.05) is 35.3 Å². The highest BCUT2D eigenvalue weighted by atomic mass is 16.6. The number of rotatable bonds is 3. The lowest BCUT2D eigenvalue weighted by atomic mass is 9.98. The average Bonchev–Trinajstić information content (AvgIpc) is 3.25. The summed E-state index contributed by atoms with van der Waals surface area (Å²) in [6.45, 7) is 8.23. The van der Waals surface area contributed by atoms with E-state index in [0.29, 0.717) is 13.2 Å². The molecule has 164 valence electrons. The number of pyridine rings is 1. The van der Waals surface area contributed by atoms with E-state index in [1.807, 2.05) is 0 Å². The molecule has 0 atom stereocenters. The van der Waals surface area contributed by atoms with Gasteiger partial charge in [0.2, 0.25) is 0 Å². The van der Waals surface area contributed by atoms with Gasteiger partial charge in [0.15, 0.2) is 11.5 Å². The number of aryl methyl sites for hydroxylation is 3. The van der Waals surface area contributed by atoms with Crippen molar-refractivity contribution in [1.82, 2.24) is 14.8 Å². The van der Waals surface area contributed by atoms with Gasteiger partial charge in [0.05, 0.1) is 5.52 Å². The summed E-state index contributed by atoms with van der Waals surface area (Å²) in [6, 6.07) is 19.3. The van der Waals surface area contributed by atoms with Gasteiger partial charge in [-0.2, -0.15) is 0 Å². The SMILES string of the molecule is Cc1ccc(Cn2cc3c(-c4ccc(C)c(C)c4)nnc-3c3cc4c(cc32)OCCO4)cc1. The number of ether oxygens (including phenoxy) is 2. The summed E-state index contributed by atoms with van der Waals surface area (Å²) in [5.74, 6) is 1.54. The first-order valence-electron chi connectivity index (χ1n) is 11.3. The fourth-order valence-corrected chi connectivity index (χ4v) is 4.49. The maximum absolute atomic E-state index is 5.89. The van der Waals surface area contributed by atoms with Gasteiger partial charge in [-0.25, -0.2) is 0 Å². The molecule has 0 N–H and O–H groups in total. The second-order valence-electron chi connectivity index (χ2n) is 8.87.